The molecule has 0 saturated carbocycles. The Hall–Kier alpha value is -1.95. The van der Waals surface area contributed by atoms with Crippen molar-refractivity contribution in [3.63, 3.8) is 0 Å². The van der Waals surface area contributed by atoms with E-state index in [1.165, 1.54) is 16.7 Å². The predicted molar refractivity (Wildman–Crippen MR) is 73.7 cm³/mol. The third-order valence-corrected chi connectivity index (χ3v) is 4.29. The maximum absolute atomic E-state index is 12.0. The number of thioether (sulfide) groups is 1. The number of benzene rings is 1. The number of methoxy groups -OCH3 is 1. The topological polar surface area (TPSA) is 55.8 Å². The van der Waals surface area contributed by atoms with E-state index in [1.807, 2.05) is 24.3 Å². The first kappa shape index (κ1) is 13.1. The summed E-state index contributed by atoms with van der Waals surface area (Å²) in [5, 5.41) is 1.79. The summed E-state index contributed by atoms with van der Waals surface area (Å²) in [4.78, 5) is 24.9. The van der Waals surface area contributed by atoms with Crippen molar-refractivity contribution >= 4 is 23.6 Å². The molecule has 0 aliphatic carbocycles. The minimum atomic E-state index is -0.455. The second-order valence-electron chi connectivity index (χ2n) is 4.49. The molecule has 1 unspecified atom stereocenters. The van der Waals surface area contributed by atoms with E-state index < -0.39 is 5.97 Å². The molecule has 0 bridgehead atoms. The number of carbonyl (C=O) groups is 2. The van der Waals surface area contributed by atoms with Crippen molar-refractivity contribution in [3.8, 4) is 5.75 Å². The molecule has 0 aromatic heterocycles. The van der Waals surface area contributed by atoms with Crippen LogP contribution in [0.4, 0.5) is 0 Å². The van der Waals surface area contributed by atoms with E-state index in [2.05, 4.69) is 0 Å². The van der Waals surface area contributed by atoms with Crippen LogP contribution in [0.25, 0.3) is 0 Å². The molecule has 0 spiro atoms. The van der Waals surface area contributed by atoms with Gasteiger partial charge in [0.25, 0.3) is 0 Å². The molecule has 2 heterocycles. The van der Waals surface area contributed by atoms with E-state index in [-0.39, 0.29) is 17.9 Å². The number of hydrogen-bond donors (Lipinski definition) is 0. The summed E-state index contributed by atoms with van der Waals surface area (Å²) >= 11 is 1.48. The number of amides is 1. The minimum absolute atomic E-state index is 0.0207. The van der Waals surface area contributed by atoms with E-state index in [4.69, 9.17) is 9.47 Å². The van der Waals surface area contributed by atoms with Crippen LogP contribution in [-0.2, 0) is 20.9 Å². The Bertz CT molecular complexity index is 581. The Balaban J connectivity index is 1.58. The van der Waals surface area contributed by atoms with Crippen molar-refractivity contribution in [1.82, 2.24) is 4.90 Å². The van der Waals surface area contributed by atoms with Gasteiger partial charge < -0.3 is 9.47 Å². The van der Waals surface area contributed by atoms with E-state index in [1.54, 1.807) is 12.5 Å². The van der Waals surface area contributed by atoms with E-state index in [0.717, 1.165) is 11.3 Å². The molecule has 1 amide bonds. The van der Waals surface area contributed by atoms with Crippen molar-refractivity contribution in [3.05, 3.63) is 40.9 Å². The standard InChI is InChI=1S/C14H13NO4S/c1-18-10-4-2-9(3-5-10)7-19-14(17)11-8-20-13-6-12(16)15(11)13/h2-5,8,13H,6-7H2,1H3. The average Bonchev–Trinajstić information content (AvgIpc) is 2.82. The SMILES string of the molecule is COc1ccc(COC(=O)C2=CSC3CC(=O)N23)cc1. The molecule has 0 radical (unpaired) electrons. The van der Waals surface area contributed by atoms with Crippen LogP contribution in [0, 0.1) is 0 Å². The van der Waals surface area contributed by atoms with Crippen LogP contribution in [0.2, 0.25) is 0 Å². The van der Waals surface area contributed by atoms with Crippen LogP contribution in [0.5, 0.6) is 5.75 Å². The zero-order chi connectivity index (χ0) is 14.1. The molecule has 1 saturated heterocycles. The van der Waals surface area contributed by atoms with Gasteiger partial charge in [0.15, 0.2) is 0 Å². The summed E-state index contributed by atoms with van der Waals surface area (Å²) in [6.45, 7) is 0.178. The highest BCUT2D eigenvalue weighted by atomic mass is 32.2. The van der Waals surface area contributed by atoms with Crippen molar-refractivity contribution in [2.45, 2.75) is 18.4 Å². The zero-order valence-corrected chi connectivity index (χ0v) is 11.7. The largest absolute Gasteiger partial charge is 0.497 e. The number of nitrogens with zero attached hydrogens (tertiary/aromatic N) is 1. The zero-order valence-electron chi connectivity index (χ0n) is 10.9. The van der Waals surface area contributed by atoms with Crippen LogP contribution in [0.15, 0.2) is 35.4 Å². The quantitative estimate of drug-likeness (QED) is 0.626. The predicted octanol–water partition coefficient (Wildman–Crippen LogP) is 1.89. The van der Waals surface area contributed by atoms with Gasteiger partial charge in [-0.2, -0.15) is 0 Å². The molecule has 20 heavy (non-hydrogen) atoms. The van der Waals surface area contributed by atoms with Crippen LogP contribution >= 0.6 is 11.8 Å². The maximum Gasteiger partial charge on any atom is 0.355 e. The first-order chi connectivity index (χ1) is 9.69. The number of β-lactam (4-membered cyclic amide) rings is 1. The second-order valence-corrected chi connectivity index (χ2v) is 5.54. The minimum Gasteiger partial charge on any atom is -0.497 e. The molecular formula is C14H13NO4S. The van der Waals surface area contributed by atoms with Gasteiger partial charge >= 0.3 is 5.97 Å². The normalized spacial score (nSPS) is 20.1. The third kappa shape index (κ3) is 2.27. The molecule has 6 heteroatoms. The summed E-state index contributed by atoms with van der Waals surface area (Å²) < 4.78 is 10.3. The Morgan fingerprint density at radius 1 is 1.40 bits per heavy atom. The molecule has 104 valence electrons. The van der Waals surface area contributed by atoms with Gasteiger partial charge in [0.1, 0.15) is 18.1 Å². The number of rotatable bonds is 4. The van der Waals surface area contributed by atoms with E-state index in [9.17, 15) is 9.59 Å². The lowest BCUT2D eigenvalue weighted by Crippen LogP contribution is -2.48. The smallest absolute Gasteiger partial charge is 0.355 e. The molecule has 1 aromatic carbocycles. The highest BCUT2D eigenvalue weighted by Gasteiger charge is 2.45. The van der Waals surface area contributed by atoms with Crippen LogP contribution in [0.1, 0.15) is 12.0 Å². The lowest BCUT2D eigenvalue weighted by molar-refractivity contribution is -0.149. The molecule has 1 fully saturated rings. The van der Waals surface area contributed by atoms with Gasteiger partial charge in [0.05, 0.1) is 18.9 Å². The van der Waals surface area contributed by atoms with Gasteiger partial charge in [-0.3, -0.25) is 9.69 Å². The lowest BCUT2D eigenvalue weighted by atomic mass is 10.2. The first-order valence-corrected chi connectivity index (χ1v) is 7.11. The molecular weight excluding hydrogens is 278 g/mol. The van der Waals surface area contributed by atoms with Crippen molar-refractivity contribution in [1.29, 1.82) is 0 Å². The summed E-state index contributed by atoms with van der Waals surface area (Å²) in [5.74, 6) is 0.278. The van der Waals surface area contributed by atoms with Gasteiger partial charge in [-0.15, -0.1) is 11.8 Å². The maximum atomic E-state index is 12.0. The monoisotopic (exact) mass is 291 g/mol. The fourth-order valence-electron chi connectivity index (χ4n) is 2.08. The number of hydrogen-bond acceptors (Lipinski definition) is 5. The lowest BCUT2D eigenvalue weighted by Gasteiger charge is -2.34. The summed E-state index contributed by atoms with van der Waals surface area (Å²) in [6, 6.07) is 7.29. The third-order valence-electron chi connectivity index (χ3n) is 3.24. The van der Waals surface area contributed by atoms with Crippen LogP contribution in [-0.4, -0.2) is 29.3 Å². The number of carbonyl (C=O) groups excluding carboxylic acids is 2. The Kier molecular flexibility index (Phi) is 3.40. The molecule has 1 aromatic rings. The van der Waals surface area contributed by atoms with Gasteiger partial charge in [-0.25, -0.2) is 4.79 Å². The number of ether oxygens (including phenoxy) is 2. The highest BCUT2D eigenvalue weighted by molar-refractivity contribution is 8.03. The number of fused-ring (bicyclic) bond motifs is 1. The van der Waals surface area contributed by atoms with Crippen molar-refractivity contribution in [2.24, 2.45) is 0 Å². The fourth-order valence-corrected chi connectivity index (χ4v) is 3.16. The second kappa shape index (κ2) is 5.20. The van der Waals surface area contributed by atoms with Gasteiger partial charge in [0, 0.05) is 5.41 Å². The molecule has 0 N–H and O–H groups in total. The van der Waals surface area contributed by atoms with Gasteiger partial charge in [-0.05, 0) is 17.7 Å². The highest BCUT2D eigenvalue weighted by Crippen LogP contribution is 2.41. The fraction of sp³-hybridized carbons (Fsp3) is 0.286. The Morgan fingerprint density at radius 3 is 2.80 bits per heavy atom. The Morgan fingerprint density at radius 2 is 2.15 bits per heavy atom. The summed E-state index contributed by atoms with van der Waals surface area (Å²) in [7, 11) is 1.60. The molecule has 5 nitrogen and oxygen atoms in total. The van der Waals surface area contributed by atoms with Crippen molar-refractivity contribution in [2.75, 3.05) is 7.11 Å². The van der Waals surface area contributed by atoms with E-state index in [0.29, 0.717) is 12.1 Å². The average molecular weight is 291 g/mol. The first-order valence-electron chi connectivity index (χ1n) is 6.17. The van der Waals surface area contributed by atoms with E-state index >= 15 is 0 Å². The van der Waals surface area contributed by atoms with Crippen LogP contribution < -0.4 is 4.74 Å². The summed E-state index contributed by atoms with van der Waals surface area (Å²) in [6.07, 6.45) is 0.496. The molecule has 2 aliphatic rings. The summed E-state index contributed by atoms with van der Waals surface area (Å²) in [5.41, 5.74) is 1.22. The van der Waals surface area contributed by atoms with Gasteiger partial charge in [0.2, 0.25) is 5.91 Å². The van der Waals surface area contributed by atoms with Crippen molar-refractivity contribution < 1.29 is 19.1 Å². The molecule has 1 atom stereocenters. The molecule has 3 rings (SSSR count). The number of esters is 1. The molecule has 2 aliphatic heterocycles. The Labute approximate surface area is 120 Å². The van der Waals surface area contributed by atoms with Crippen LogP contribution in [0.3, 0.4) is 0 Å². The van der Waals surface area contributed by atoms with Gasteiger partial charge in [-0.1, -0.05) is 12.1 Å².